The number of hydrogen-bond acceptors (Lipinski definition) is 4. The highest BCUT2D eigenvalue weighted by atomic mass is 19.2. The van der Waals surface area contributed by atoms with Crippen LogP contribution in [0.3, 0.4) is 0 Å². The van der Waals surface area contributed by atoms with Gasteiger partial charge < -0.3 is 14.6 Å². The van der Waals surface area contributed by atoms with Crippen molar-refractivity contribution < 1.29 is 32.5 Å². The Kier molecular flexibility index (Phi) is 7.17. The van der Waals surface area contributed by atoms with Gasteiger partial charge in [-0.25, -0.2) is 13.6 Å². The number of ether oxygens (including phenoxy) is 2. The van der Waals surface area contributed by atoms with Gasteiger partial charge in [0.2, 0.25) is 5.82 Å². The molecule has 0 saturated carbocycles. The number of phenolic OH excluding ortho intramolecular Hbond substituents is 1. The Balaban J connectivity index is 1.49. The lowest BCUT2D eigenvalue weighted by Gasteiger charge is -2.10. The van der Waals surface area contributed by atoms with E-state index in [0.29, 0.717) is 28.9 Å². The van der Waals surface area contributed by atoms with Gasteiger partial charge in [-0.3, -0.25) is 0 Å². The van der Waals surface area contributed by atoms with E-state index in [1.807, 2.05) is 6.92 Å². The van der Waals surface area contributed by atoms with Gasteiger partial charge in [0.1, 0.15) is 11.6 Å². The van der Waals surface area contributed by atoms with E-state index in [9.17, 15) is 23.1 Å². The van der Waals surface area contributed by atoms with Gasteiger partial charge >= 0.3 is 5.97 Å². The molecule has 4 aromatic carbocycles. The number of esters is 1. The Morgan fingerprint density at radius 3 is 2.11 bits per heavy atom. The second-order valence-electron chi connectivity index (χ2n) is 7.70. The predicted octanol–water partition coefficient (Wildman–Crippen LogP) is 6.90. The number of benzene rings is 4. The minimum Gasteiger partial charge on any atom is -0.508 e. The molecule has 0 spiro atoms. The molecule has 0 atom stereocenters. The zero-order chi connectivity index (χ0) is 24.9. The van der Waals surface area contributed by atoms with Crippen molar-refractivity contribution in [1.29, 1.82) is 0 Å². The number of aromatic hydroxyl groups is 1. The molecule has 7 heteroatoms. The zero-order valence-electron chi connectivity index (χ0n) is 18.7. The van der Waals surface area contributed by atoms with Gasteiger partial charge in [-0.2, -0.15) is 4.39 Å². The lowest BCUT2D eigenvalue weighted by molar-refractivity contribution is 0.0726. The predicted molar refractivity (Wildman–Crippen MR) is 126 cm³/mol. The molecular formula is C28H21F3O4. The summed E-state index contributed by atoms with van der Waals surface area (Å²) in [4.78, 5) is 12.5. The highest BCUT2D eigenvalue weighted by Gasteiger charge is 2.19. The highest BCUT2D eigenvalue weighted by molar-refractivity contribution is 5.91. The molecule has 4 rings (SSSR count). The summed E-state index contributed by atoms with van der Waals surface area (Å²) in [7, 11) is 0. The fourth-order valence-corrected chi connectivity index (χ4v) is 3.49. The van der Waals surface area contributed by atoms with Gasteiger partial charge in [0.25, 0.3) is 0 Å². The first-order valence-electron chi connectivity index (χ1n) is 10.8. The molecule has 0 aliphatic rings. The van der Waals surface area contributed by atoms with Crippen LogP contribution in [0.2, 0.25) is 0 Å². The third kappa shape index (κ3) is 5.36. The average molecular weight is 478 g/mol. The molecular weight excluding hydrogens is 457 g/mol. The molecule has 0 saturated heterocycles. The minimum absolute atomic E-state index is 0.00470. The number of phenols is 1. The van der Waals surface area contributed by atoms with Crippen LogP contribution in [0.5, 0.6) is 11.5 Å². The molecule has 0 heterocycles. The maximum atomic E-state index is 14.6. The molecule has 178 valence electrons. The SMILES string of the molecule is CCOCc1ccc(-c2ccc(C(=O)Oc3ccc(-c4ccc(O)cc4)c(F)c3F)cc2)cc1F. The summed E-state index contributed by atoms with van der Waals surface area (Å²) in [5.74, 6) is -4.30. The Morgan fingerprint density at radius 2 is 1.46 bits per heavy atom. The van der Waals surface area contributed by atoms with Crippen LogP contribution in [-0.2, 0) is 11.3 Å². The molecule has 0 aliphatic carbocycles. The monoisotopic (exact) mass is 478 g/mol. The Morgan fingerprint density at radius 1 is 0.800 bits per heavy atom. The molecule has 0 radical (unpaired) electrons. The van der Waals surface area contributed by atoms with Gasteiger partial charge in [0.05, 0.1) is 12.2 Å². The normalized spacial score (nSPS) is 10.9. The highest BCUT2D eigenvalue weighted by Crippen LogP contribution is 2.31. The van der Waals surface area contributed by atoms with Crippen LogP contribution < -0.4 is 4.74 Å². The van der Waals surface area contributed by atoms with E-state index in [4.69, 9.17) is 9.47 Å². The van der Waals surface area contributed by atoms with E-state index >= 15 is 0 Å². The van der Waals surface area contributed by atoms with Gasteiger partial charge in [0, 0.05) is 17.7 Å². The lowest BCUT2D eigenvalue weighted by Crippen LogP contribution is -2.10. The van der Waals surface area contributed by atoms with Crippen LogP contribution in [-0.4, -0.2) is 17.7 Å². The van der Waals surface area contributed by atoms with E-state index in [1.165, 1.54) is 54.6 Å². The quantitative estimate of drug-likeness (QED) is 0.232. The van der Waals surface area contributed by atoms with Crippen molar-refractivity contribution in [3.05, 3.63) is 107 Å². The summed E-state index contributed by atoms with van der Waals surface area (Å²) in [6.07, 6.45) is 0. The van der Waals surface area contributed by atoms with Crippen LogP contribution in [0.15, 0.2) is 78.9 Å². The summed E-state index contributed by atoms with van der Waals surface area (Å²) in [6.45, 7) is 2.49. The minimum atomic E-state index is -1.30. The summed E-state index contributed by atoms with van der Waals surface area (Å²) in [5, 5.41) is 9.37. The Hall–Kier alpha value is -4.10. The van der Waals surface area contributed by atoms with E-state index in [2.05, 4.69) is 0 Å². The number of halogens is 3. The molecule has 0 unspecified atom stereocenters. The maximum absolute atomic E-state index is 14.6. The fraction of sp³-hybridized carbons (Fsp3) is 0.107. The maximum Gasteiger partial charge on any atom is 0.343 e. The first-order chi connectivity index (χ1) is 16.9. The summed E-state index contributed by atoms with van der Waals surface area (Å²) >= 11 is 0. The van der Waals surface area contributed by atoms with Crippen LogP contribution in [0, 0.1) is 17.5 Å². The Labute approximate surface area is 200 Å². The summed E-state index contributed by atoms with van der Waals surface area (Å²) < 4.78 is 53.8. The molecule has 4 nitrogen and oxygen atoms in total. The second kappa shape index (κ2) is 10.4. The van der Waals surface area contributed by atoms with E-state index in [0.717, 1.165) is 0 Å². The van der Waals surface area contributed by atoms with Crippen molar-refractivity contribution in [2.45, 2.75) is 13.5 Å². The van der Waals surface area contributed by atoms with Gasteiger partial charge in [-0.1, -0.05) is 36.4 Å². The lowest BCUT2D eigenvalue weighted by atomic mass is 10.0. The van der Waals surface area contributed by atoms with Gasteiger partial charge in [0.15, 0.2) is 11.6 Å². The smallest absolute Gasteiger partial charge is 0.343 e. The Bertz CT molecular complexity index is 1350. The van der Waals surface area contributed by atoms with Crippen LogP contribution in [0.25, 0.3) is 22.3 Å². The first-order valence-corrected chi connectivity index (χ1v) is 10.8. The molecule has 0 fully saturated rings. The van der Waals surface area contributed by atoms with E-state index in [-0.39, 0.29) is 23.5 Å². The summed E-state index contributed by atoms with van der Waals surface area (Å²) in [6, 6.07) is 19.0. The third-order valence-electron chi connectivity index (χ3n) is 5.40. The van der Waals surface area contributed by atoms with Crippen LogP contribution in [0.4, 0.5) is 13.2 Å². The standard InChI is InChI=1S/C28H21F3O4/c1-2-34-16-21-8-7-20(15-24(21)29)17-3-5-19(6-4-17)28(33)35-25-14-13-23(26(30)27(25)31)18-9-11-22(32)12-10-18/h3-15,32H,2,16H2,1H3. The number of carbonyl (C=O) groups excluding carboxylic acids is 1. The molecule has 0 aliphatic heterocycles. The molecule has 0 bridgehead atoms. The number of hydrogen-bond donors (Lipinski definition) is 1. The zero-order valence-corrected chi connectivity index (χ0v) is 18.7. The summed E-state index contributed by atoms with van der Waals surface area (Å²) in [5.41, 5.74) is 2.16. The van der Waals surface area contributed by atoms with E-state index < -0.39 is 29.2 Å². The van der Waals surface area contributed by atoms with E-state index in [1.54, 1.807) is 24.3 Å². The number of carbonyl (C=O) groups is 1. The molecule has 0 aromatic heterocycles. The third-order valence-corrected chi connectivity index (χ3v) is 5.40. The molecule has 4 aromatic rings. The molecule has 35 heavy (non-hydrogen) atoms. The first kappa shape index (κ1) is 24.0. The second-order valence-corrected chi connectivity index (χ2v) is 7.70. The topological polar surface area (TPSA) is 55.8 Å². The average Bonchev–Trinajstić information content (AvgIpc) is 2.87. The van der Waals surface area contributed by atoms with Crippen molar-refractivity contribution in [1.82, 2.24) is 0 Å². The van der Waals surface area contributed by atoms with Crippen molar-refractivity contribution >= 4 is 5.97 Å². The van der Waals surface area contributed by atoms with Crippen molar-refractivity contribution in [3.63, 3.8) is 0 Å². The van der Waals surface area contributed by atoms with Crippen molar-refractivity contribution in [2.75, 3.05) is 6.61 Å². The van der Waals surface area contributed by atoms with Gasteiger partial charge in [-0.05, 0) is 66.1 Å². The fourth-order valence-electron chi connectivity index (χ4n) is 3.49. The van der Waals surface area contributed by atoms with Crippen molar-refractivity contribution in [3.8, 4) is 33.8 Å². The van der Waals surface area contributed by atoms with Gasteiger partial charge in [-0.15, -0.1) is 0 Å². The van der Waals surface area contributed by atoms with Crippen LogP contribution >= 0.6 is 0 Å². The largest absolute Gasteiger partial charge is 0.508 e. The molecule has 1 N–H and O–H groups in total. The molecule has 0 amide bonds. The number of rotatable bonds is 7. The van der Waals surface area contributed by atoms with Crippen molar-refractivity contribution in [2.24, 2.45) is 0 Å². The van der Waals surface area contributed by atoms with Crippen LogP contribution in [0.1, 0.15) is 22.8 Å².